The van der Waals surface area contributed by atoms with Crippen molar-refractivity contribution in [3.05, 3.63) is 59.2 Å². The van der Waals surface area contributed by atoms with Crippen molar-refractivity contribution in [2.75, 3.05) is 7.11 Å². The van der Waals surface area contributed by atoms with E-state index in [1.807, 2.05) is 38.1 Å². The summed E-state index contributed by atoms with van der Waals surface area (Å²) >= 11 is 1.55. The van der Waals surface area contributed by atoms with Gasteiger partial charge in [-0.2, -0.15) is 0 Å². The second-order valence-corrected chi connectivity index (χ2v) is 7.44. The van der Waals surface area contributed by atoms with Crippen LogP contribution >= 0.6 is 11.8 Å². The highest BCUT2D eigenvalue weighted by atomic mass is 32.2. The van der Waals surface area contributed by atoms with Gasteiger partial charge >= 0.3 is 0 Å². The lowest BCUT2D eigenvalue weighted by atomic mass is 10.0. The number of rotatable bonds is 6. The average Bonchev–Trinajstić information content (AvgIpc) is 2.55. The Kier molecular flexibility index (Phi) is 6.32. The van der Waals surface area contributed by atoms with E-state index in [9.17, 15) is 4.79 Å². The van der Waals surface area contributed by atoms with Gasteiger partial charge in [-0.25, -0.2) is 0 Å². The quantitative estimate of drug-likeness (QED) is 0.775. The summed E-state index contributed by atoms with van der Waals surface area (Å²) in [5, 5.41) is 2.95. The smallest absolute Gasteiger partial charge is 0.233 e. The van der Waals surface area contributed by atoms with Crippen molar-refractivity contribution in [3.8, 4) is 5.75 Å². The molecule has 0 unspecified atom stereocenters. The maximum atomic E-state index is 12.5. The number of methoxy groups -OCH3 is 1. The van der Waals surface area contributed by atoms with Crippen LogP contribution in [-0.4, -0.2) is 18.3 Å². The van der Waals surface area contributed by atoms with E-state index in [0.717, 1.165) is 16.2 Å². The average molecular weight is 343 g/mol. The summed E-state index contributed by atoms with van der Waals surface area (Å²) in [7, 11) is 1.65. The molecule has 0 saturated carbocycles. The maximum absolute atomic E-state index is 12.5. The van der Waals surface area contributed by atoms with Crippen LogP contribution in [0.25, 0.3) is 0 Å². The number of nitrogens with one attached hydrogen (secondary N) is 1. The highest BCUT2D eigenvalue weighted by Gasteiger charge is 2.18. The lowest BCUT2D eigenvalue weighted by molar-refractivity contribution is -0.120. The fraction of sp³-hybridized carbons (Fsp3) is 0.350. The zero-order chi connectivity index (χ0) is 17.7. The van der Waals surface area contributed by atoms with Crippen LogP contribution in [0.2, 0.25) is 0 Å². The first-order valence-electron chi connectivity index (χ1n) is 8.09. The molecule has 0 fully saturated rings. The first kappa shape index (κ1) is 18.4. The third-order valence-electron chi connectivity index (χ3n) is 3.99. The minimum absolute atomic E-state index is 0.00276. The Hall–Kier alpha value is -1.94. The standard InChI is InChI=1S/C20H25NO2S/c1-13-6-11-19(14(2)12-13)15(3)21-20(22)16(4)24-18-9-7-17(23-5)8-10-18/h6-12,15-16H,1-5H3,(H,21,22)/t15-,16-/m1/s1. The third-order valence-corrected chi connectivity index (χ3v) is 5.10. The Morgan fingerprint density at radius 3 is 2.33 bits per heavy atom. The van der Waals surface area contributed by atoms with Crippen molar-refractivity contribution in [2.24, 2.45) is 0 Å². The Balaban J connectivity index is 1.97. The van der Waals surface area contributed by atoms with Crippen molar-refractivity contribution in [1.82, 2.24) is 5.32 Å². The molecule has 2 atom stereocenters. The normalized spacial score (nSPS) is 13.2. The summed E-state index contributed by atoms with van der Waals surface area (Å²) in [5.74, 6) is 0.864. The van der Waals surface area contributed by atoms with Gasteiger partial charge in [0.25, 0.3) is 0 Å². The molecular formula is C20H25NO2S. The third kappa shape index (κ3) is 4.78. The van der Waals surface area contributed by atoms with Crippen molar-refractivity contribution < 1.29 is 9.53 Å². The van der Waals surface area contributed by atoms with Crippen LogP contribution < -0.4 is 10.1 Å². The Bertz CT molecular complexity index is 697. The molecule has 2 aromatic carbocycles. The molecule has 0 aliphatic rings. The molecule has 0 aliphatic heterocycles. The van der Waals surface area contributed by atoms with E-state index in [1.54, 1.807) is 18.9 Å². The predicted molar refractivity (Wildman–Crippen MR) is 101 cm³/mol. The fourth-order valence-corrected chi connectivity index (χ4v) is 3.51. The molecule has 2 rings (SSSR count). The molecule has 128 valence electrons. The molecule has 2 aromatic rings. The maximum Gasteiger partial charge on any atom is 0.233 e. The molecular weight excluding hydrogens is 318 g/mol. The monoisotopic (exact) mass is 343 g/mol. The predicted octanol–water partition coefficient (Wildman–Crippen LogP) is 4.67. The molecule has 0 aromatic heterocycles. The summed E-state index contributed by atoms with van der Waals surface area (Å²) in [6.45, 7) is 8.12. The summed E-state index contributed by atoms with van der Waals surface area (Å²) in [6, 6.07) is 14.1. The Morgan fingerprint density at radius 1 is 1.08 bits per heavy atom. The first-order valence-corrected chi connectivity index (χ1v) is 8.97. The van der Waals surface area contributed by atoms with Crippen molar-refractivity contribution in [2.45, 2.75) is 43.9 Å². The number of amides is 1. The number of benzene rings is 2. The van der Waals surface area contributed by atoms with Crippen LogP contribution in [0.15, 0.2) is 47.4 Å². The molecule has 0 heterocycles. The molecule has 0 radical (unpaired) electrons. The largest absolute Gasteiger partial charge is 0.497 e. The SMILES string of the molecule is COc1ccc(S[C@H](C)C(=O)N[C@H](C)c2ccc(C)cc2C)cc1. The van der Waals surface area contributed by atoms with Crippen LogP contribution in [0, 0.1) is 13.8 Å². The Morgan fingerprint density at radius 2 is 1.75 bits per heavy atom. The fourth-order valence-electron chi connectivity index (χ4n) is 2.63. The van der Waals surface area contributed by atoms with Crippen LogP contribution in [0.1, 0.15) is 36.6 Å². The van der Waals surface area contributed by atoms with Crippen LogP contribution in [0.5, 0.6) is 5.75 Å². The molecule has 0 aliphatic carbocycles. The van der Waals surface area contributed by atoms with E-state index in [0.29, 0.717) is 0 Å². The van der Waals surface area contributed by atoms with Gasteiger partial charge in [0.05, 0.1) is 18.4 Å². The Labute approximate surface area is 148 Å². The van der Waals surface area contributed by atoms with Gasteiger partial charge in [0.15, 0.2) is 0 Å². The second kappa shape index (κ2) is 8.25. The summed E-state index contributed by atoms with van der Waals surface area (Å²) < 4.78 is 5.15. The van der Waals surface area contributed by atoms with E-state index in [1.165, 1.54) is 11.1 Å². The lowest BCUT2D eigenvalue weighted by Crippen LogP contribution is -2.33. The van der Waals surface area contributed by atoms with Gasteiger partial charge in [0, 0.05) is 4.90 Å². The van der Waals surface area contributed by atoms with E-state index in [4.69, 9.17) is 4.74 Å². The molecule has 1 amide bonds. The number of hydrogen-bond acceptors (Lipinski definition) is 3. The van der Waals surface area contributed by atoms with Crippen LogP contribution in [0.3, 0.4) is 0 Å². The molecule has 1 N–H and O–H groups in total. The topological polar surface area (TPSA) is 38.3 Å². The molecule has 0 spiro atoms. The molecule has 0 saturated heterocycles. The van der Waals surface area contributed by atoms with E-state index < -0.39 is 0 Å². The number of ether oxygens (including phenoxy) is 1. The summed E-state index contributed by atoms with van der Waals surface area (Å²) in [6.07, 6.45) is 0. The first-order chi connectivity index (χ1) is 11.4. The summed E-state index contributed by atoms with van der Waals surface area (Å²) in [5.41, 5.74) is 3.60. The number of hydrogen-bond donors (Lipinski definition) is 1. The number of carbonyl (C=O) groups excluding carboxylic acids is 1. The zero-order valence-electron chi connectivity index (χ0n) is 14.9. The van der Waals surface area contributed by atoms with E-state index >= 15 is 0 Å². The number of thioether (sulfide) groups is 1. The van der Waals surface area contributed by atoms with Gasteiger partial charge < -0.3 is 10.1 Å². The minimum atomic E-state index is -0.161. The van der Waals surface area contributed by atoms with Gasteiger partial charge in [0.1, 0.15) is 5.75 Å². The molecule has 0 bridgehead atoms. The lowest BCUT2D eigenvalue weighted by Gasteiger charge is -2.19. The van der Waals surface area contributed by atoms with Crippen LogP contribution in [0.4, 0.5) is 0 Å². The second-order valence-electron chi connectivity index (χ2n) is 6.03. The van der Waals surface area contributed by atoms with Gasteiger partial charge in [-0.05, 0) is 63.1 Å². The minimum Gasteiger partial charge on any atom is -0.497 e. The zero-order valence-corrected chi connectivity index (χ0v) is 15.7. The van der Waals surface area contributed by atoms with Crippen LogP contribution in [-0.2, 0) is 4.79 Å². The van der Waals surface area contributed by atoms with Gasteiger partial charge in [-0.3, -0.25) is 4.79 Å². The van der Waals surface area contributed by atoms with Crippen molar-refractivity contribution >= 4 is 17.7 Å². The van der Waals surface area contributed by atoms with E-state index in [2.05, 4.69) is 37.4 Å². The molecule has 24 heavy (non-hydrogen) atoms. The highest BCUT2D eigenvalue weighted by Crippen LogP contribution is 2.26. The molecule has 4 heteroatoms. The summed E-state index contributed by atoms with van der Waals surface area (Å²) in [4.78, 5) is 13.5. The number of aryl methyl sites for hydroxylation is 2. The van der Waals surface area contributed by atoms with Crippen molar-refractivity contribution in [1.29, 1.82) is 0 Å². The number of carbonyl (C=O) groups is 1. The van der Waals surface area contributed by atoms with Gasteiger partial charge in [-0.15, -0.1) is 11.8 Å². The van der Waals surface area contributed by atoms with E-state index in [-0.39, 0.29) is 17.2 Å². The molecule has 3 nitrogen and oxygen atoms in total. The van der Waals surface area contributed by atoms with Gasteiger partial charge in [-0.1, -0.05) is 23.8 Å². The van der Waals surface area contributed by atoms with Gasteiger partial charge in [0.2, 0.25) is 5.91 Å². The highest BCUT2D eigenvalue weighted by molar-refractivity contribution is 8.00. The van der Waals surface area contributed by atoms with Crippen molar-refractivity contribution in [3.63, 3.8) is 0 Å².